The van der Waals surface area contributed by atoms with Crippen molar-refractivity contribution in [3.63, 3.8) is 0 Å². The van der Waals surface area contributed by atoms with Crippen LogP contribution in [0.25, 0.3) is 0 Å². The molecule has 4 N–H and O–H groups in total. The summed E-state index contributed by atoms with van der Waals surface area (Å²) < 4.78 is 0. The van der Waals surface area contributed by atoms with Gasteiger partial charge in [0, 0.05) is 11.1 Å². The van der Waals surface area contributed by atoms with Crippen LogP contribution in [0.15, 0.2) is 24.3 Å². The third-order valence-electron chi connectivity index (χ3n) is 4.61. The van der Waals surface area contributed by atoms with Gasteiger partial charge in [-0.25, -0.2) is 0 Å². The molecule has 1 aromatic carbocycles. The van der Waals surface area contributed by atoms with Crippen molar-refractivity contribution in [3.8, 4) is 0 Å². The summed E-state index contributed by atoms with van der Waals surface area (Å²) in [7, 11) is 0. The summed E-state index contributed by atoms with van der Waals surface area (Å²) in [6.07, 6.45) is 0.711. The van der Waals surface area contributed by atoms with Gasteiger partial charge in [-0.1, -0.05) is 53.7 Å². The van der Waals surface area contributed by atoms with Crippen LogP contribution in [0.1, 0.15) is 53.5 Å². The Morgan fingerprint density at radius 2 is 1.62 bits per heavy atom. The number of aliphatic hydroxyl groups excluding tert-OH is 1. The standard InChI is InChI=1S/C22H35N3O4/c1-14(2)11-22(5,6)21(29)25-19(15(3)4)20(28)23-12-18(27)24-17-9-7-16(13-26)8-10-17/h7-10,14-15,19,26H,11-13H2,1-6H3,(H,23,28)(H,24,27)(H,25,29). The first-order valence-electron chi connectivity index (χ1n) is 10.0. The molecule has 1 aromatic rings. The fraction of sp³-hybridized carbons (Fsp3) is 0.591. The minimum Gasteiger partial charge on any atom is -0.392 e. The van der Waals surface area contributed by atoms with Crippen LogP contribution in [0.2, 0.25) is 0 Å². The Morgan fingerprint density at radius 1 is 1.03 bits per heavy atom. The molecule has 0 bridgehead atoms. The summed E-state index contributed by atoms with van der Waals surface area (Å²) in [5.74, 6) is -0.697. The minimum absolute atomic E-state index is 0.0689. The lowest BCUT2D eigenvalue weighted by Gasteiger charge is -2.29. The Balaban J connectivity index is 2.63. The van der Waals surface area contributed by atoms with Crippen LogP contribution in [-0.4, -0.2) is 35.4 Å². The van der Waals surface area contributed by atoms with Crippen LogP contribution in [0, 0.1) is 17.3 Å². The molecule has 1 rings (SSSR count). The van der Waals surface area contributed by atoms with E-state index in [2.05, 4.69) is 29.8 Å². The van der Waals surface area contributed by atoms with Gasteiger partial charge < -0.3 is 21.1 Å². The zero-order valence-corrected chi connectivity index (χ0v) is 18.3. The first kappa shape index (κ1) is 24.6. The van der Waals surface area contributed by atoms with Crippen LogP contribution in [-0.2, 0) is 21.0 Å². The Morgan fingerprint density at radius 3 is 2.10 bits per heavy atom. The van der Waals surface area contributed by atoms with Gasteiger partial charge in [0.25, 0.3) is 0 Å². The van der Waals surface area contributed by atoms with Gasteiger partial charge in [0.15, 0.2) is 0 Å². The predicted molar refractivity (Wildman–Crippen MR) is 114 cm³/mol. The number of carbonyl (C=O) groups is 3. The normalized spacial score (nSPS) is 12.6. The SMILES string of the molecule is CC(C)CC(C)(C)C(=O)NC(C(=O)NCC(=O)Nc1ccc(CO)cc1)C(C)C. The molecule has 0 heterocycles. The van der Waals surface area contributed by atoms with Gasteiger partial charge in [0.2, 0.25) is 17.7 Å². The van der Waals surface area contributed by atoms with Gasteiger partial charge in [-0.05, 0) is 36.0 Å². The van der Waals surface area contributed by atoms with E-state index in [0.29, 0.717) is 18.0 Å². The molecule has 0 aromatic heterocycles. The molecule has 29 heavy (non-hydrogen) atoms. The van der Waals surface area contributed by atoms with Crippen molar-refractivity contribution in [2.45, 2.75) is 60.6 Å². The highest BCUT2D eigenvalue weighted by Crippen LogP contribution is 2.25. The Bertz CT molecular complexity index is 697. The predicted octanol–water partition coefficient (Wildman–Crippen LogP) is 2.45. The van der Waals surface area contributed by atoms with E-state index in [-0.39, 0.29) is 36.8 Å². The second-order valence-corrected chi connectivity index (χ2v) is 8.80. The molecule has 7 nitrogen and oxygen atoms in total. The first-order chi connectivity index (χ1) is 13.5. The van der Waals surface area contributed by atoms with E-state index in [0.717, 1.165) is 5.56 Å². The lowest BCUT2D eigenvalue weighted by Crippen LogP contribution is -2.53. The smallest absolute Gasteiger partial charge is 0.243 e. The lowest BCUT2D eigenvalue weighted by atomic mass is 9.82. The van der Waals surface area contributed by atoms with Crippen molar-refractivity contribution in [3.05, 3.63) is 29.8 Å². The monoisotopic (exact) mass is 405 g/mol. The summed E-state index contributed by atoms with van der Waals surface area (Å²) in [6.45, 7) is 11.3. The second-order valence-electron chi connectivity index (χ2n) is 8.80. The zero-order chi connectivity index (χ0) is 22.2. The first-order valence-corrected chi connectivity index (χ1v) is 10.0. The van der Waals surface area contributed by atoms with Crippen molar-refractivity contribution < 1.29 is 19.5 Å². The number of carbonyl (C=O) groups excluding carboxylic acids is 3. The maximum Gasteiger partial charge on any atom is 0.243 e. The van der Waals surface area contributed by atoms with Crippen molar-refractivity contribution in [1.29, 1.82) is 0 Å². The fourth-order valence-corrected chi connectivity index (χ4v) is 3.16. The molecule has 0 saturated carbocycles. The van der Waals surface area contributed by atoms with Crippen LogP contribution in [0.5, 0.6) is 0 Å². The molecule has 0 fully saturated rings. The Labute approximate surface area is 173 Å². The summed E-state index contributed by atoms with van der Waals surface area (Å²) in [5.41, 5.74) is 0.734. The average Bonchev–Trinajstić information content (AvgIpc) is 2.63. The maximum absolute atomic E-state index is 12.7. The summed E-state index contributed by atoms with van der Waals surface area (Å²) in [4.78, 5) is 37.3. The number of hydrogen-bond donors (Lipinski definition) is 4. The highest BCUT2D eigenvalue weighted by atomic mass is 16.3. The zero-order valence-electron chi connectivity index (χ0n) is 18.3. The topological polar surface area (TPSA) is 108 Å². The van der Waals surface area contributed by atoms with Crippen molar-refractivity contribution in [2.24, 2.45) is 17.3 Å². The molecule has 3 amide bonds. The number of hydrogen-bond acceptors (Lipinski definition) is 4. The van der Waals surface area contributed by atoms with Crippen molar-refractivity contribution in [1.82, 2.24) is 10.6 Å². The number of benzene rings is 1. The molecule has 162 valence electrons. The van der Waals surface area contributed by atoms with Gasteiger partial charge in [-0.3, -0.25) is 14.4 Å². The van der Waals surface area contributed by atoms with E-state index < -0.39 is 11.5 Å². The molecule has 0 spiro atoms. The molecule has 0 aliphatic carbocycles. The molecule has 0 saturated heterocycles. The van der Waals surface area contributed by atoms with Gasteiger partial charge in [0.05, 0.1) is 13.2 Å². The number of amides is 3. The van der Waals surface area contributed by atoms with E-state index in [1.54, 1.807) is 24.3 Å². The number of anilines is 1. The van der Waals surface area contributed by atoms with Gasteiger partial charge in [0.1, 0.15) is 6.04 Å². The van der Waals surface area contributed by atoms with Crippen LogP contribution in [0.4, 0.5) is 5.69 Å². The maximum atomic E-state index is 12.7. The highest BCUT2D eigenvalue weighted by molar-refractivity contribution is 5.96. The lowest BCUT2D eigenvalue weighted by molar-refractivity contribution is -0.135. The minimum atomic E-state index is -0.717. The molecule has 0 radical (unpaired) electrons. The Kier molecular flexibility index (Phi) is 9.30. The Hall–Kier alpha value is -2.41. The largest absolute Gasteiger partial charge is 0.392 e. The van der Waals surface area contributed by atoms with Gasteiger partial charge >= 0.3 is 0 Å². The highest BCUT2D eigenvalue weighted by Gasteiger charge is 2.33. The van der Waals surface area contributed by atoms with Crippen LogP contribution < -0.4 is 16.0 Å². The molecule has 1 unspecified atom stereocenters. The van der Waals surface area contributed by atoms with E-state index in [9.17, 15) is 14.4 Å². The van der Waals surface area contributed by atoms with E-state index >= 15 is 0 Å². The summed E-state index contributed by atoms with van der Waals surface area (Å²) >= 11 is 0. The number of aliphatic hydroxyl groups is 1. The van der Waals surface area contributed by atoms with E-state index in [1.807, 2.05) is 27.7 Å². The summed E-state index contributed by atoms with van der Waals surface area (Å²) in [6, 6.07) is 6.05. The van der Waals surface area contributed by atoms with Crippen molar-refractivity contribution in [2.75, 3.05) is 11.9 Å². The average molecular weight is 406 g/mol. The molecule has 1 atom stereocenters. The van der Waals surface area contributed by atoms with Crippen molar-refractivity contribution >= 4 is 23.4 Å². The quantitative estimate of drug-likeness (QED) is 0.479. The van der Waals surface area contributed by atoms with Gasteiger partial charge in [-0.2, -0.15) is 0 Å². The molecule has 7 heteroatoms. The van der Waals surface area contributed by atoms with E-state index in [1.165, 1.54) is 0 Å². The second kappa shape index (κ2) is 11.0. The third kappa shape index (κ3) is 8.23. The molecule has 0 aliphatic heterocycles. The third-order valence-corrected chi connectivity index (χ3v) is 4.61. The number of nitrogens with one attached hydrogen (secondary N) is 3. The van der Waals surface area contributed by atoms with Crippen LogP contribution in [0.3, 0.4) is 0 Å². The summed E-state index contributed by atoms with van der Waals surface area (Å²) in [5, 5.41) is 17.2. The fourth-order valence-electron chi connectivity index (χ4n) is 3.16. The van der Waals surface area contributed by atoms with Crippen LogP contribution >= 0.6 is 0 Å². The molecule has 0 aliphatic rings. The molecular formula is C22H35N3O4. The van der Waals surface area contributed by atoms with Gasteiger partial charge in [-0.15, -0.1) is 0 Å². The van der Waals surface area contributed by atoms with E-state index in [4.69, 9.17) is 5.11 Å². The number of rotatable bonds is 10. The molecular weight excluding hydrogens is 370 g/mol.